The van der Waals surface area contributed by atoms with Crippen molar-refractivity contribution in [3.8, 4) is 0 Å². The molecule has 26 heteroatoms. The lowest BCUT2D eigenvalue weighted by Gasteiger charge is -2.33. The number of aliphatic hydroxyl groups excluding tert-OH is 2. The molecule has 794 valence electrons. The van der Waals surface area contributed by atoms with Crippen LogP contribution in [0.1, 0.15) is 322 Å². The number of fused-ring (bicyclic) bond motifs is 17. The molecule has 149 heavy (non-hydrogen) atoms. The Bertz CT molecular complexity index is 6700. The predicted octanol–water partition coefficient (Wildman–Crippen LogP) is 27.0. The van der Waals surface area contributed by atoms with E-state index in [-0.39, 0.29) is 12.2 Å². The van der Waals surface area contributed by atoms with Gasteiger partial charge in [-0.1, -0.05) is 146 Å². The summed E-state index contributed by atoms with van der Waals surface area (Å²) in [6.07, 6.45) is 56.7. The number of anilines is 5. The van der Waals surface area contributed by atoms with Gasteiger partial charge in [0.1, 0.15) is 84.9 Å². The molecule has 2 saturated heterocycles. The summed E-state index contributed by atoms with van der Waals surface area (Å²) in [5.74, 6) is 9.26. The van der Waals surface area contributed by atoms with Crippen LogP contribution < -0.4 is 32.3 Å². The molecule has 0 amide bonds. The number of aliphatic hydroxyl groups is 2. The summed E-state index contributed by atoms with van der Waals surface area (Å²) in [6.45, 7) is 25.9. The van der Waals surface area contributed by atoms with Crippen molar-refractivity contribution in [2.75, 3.05) is 66.9 Å². The van der Waals surface area contributed by atoms with E-state index in [0.717, 1.165) is 213 Å². The third-order valence-corrected chi connectivity index (χ3v) is 41.8. The Kier molecular flexibility index (Phi) is 34.3. The van der Waals surface area contributed by atoms with Crippen molar-refractivity contribution in [3.63, 3.8) is 0 Å². The van der Waals surface area contributed by atoms with E-state index in [4.69, 9.17) is 5.73 Å². The largest absolute Gasteiger partial charge is 0.393 e. The van der Waals surface area contributed by atoms with Crippen molar-refractivity contribution in [3.05, 3.63) is 196 Å². The Labute approximate surface area is 905 Å². The van der Waals surface area contributed by atoms with Gasteiger partial charge in [0.25, 0.3) is 0 Å². The first-order valence-corrected chi connectivity index (χ1v) is 61.7. The number of thiophene rings is 5. The van der Waals surface area contributed by atoms with E-state index in [1.165, 1.54) is 269 Å². The number of nitrogens with one attached hydrogen (secondary N) is 5. The third kappa shape index (κ3) is 25.8. The first-order valence-electron chi connectivity index (χ1n) is 57.6. The molecule has 6 fully saturated rings. The average molecular weight is 2100 g/mol. The molecule has 9 N–H and O–H groups in total. The van der Waals surface area contributed by atoms with E-state index in [1.807, 2.05) is 56.7 Å². The fourth-order valence-corrected chi connectivity index (χ4v) is 32.9. The van der Waals surface area contributed by atoms with Gasteiger partial charge >= 0.3 is 0 Å². The predicted molar refractivity (Wildman–Crippen MR) is 624 cm³/mol. The maximum Gasteiger partial charge on any atom is 0.138 e. The average Bonchev–Trinajstić information content (AvgIpc) is 1.62. The Morgan fingerprint density at radius 3 is 1.29 bits per heavy atom. The number of aryl methyl sites for hydroxylation is 5. The molecule has 12 heterocycles. The molecule has 21 nitrogen and oxygen atoms in total. The molecule has 4 saturated carbocycles. The summed E-state index contributed by atoms with van der Waals surface area (Å²) in [4.78, 5) is 66.6. The monoisotopic (exact) mass is 2100 g/mol. The summed E-state index contributed by atoms with van der Waals surface area (Å²) in [5, 5.41) is 44.5. The Balaban J connectivity index is 0.000000105. The number of allylic oxidation sites excluding steroid dienone is 2. The zero-order valence-corrected chi connectivity index (χ0v) is 94.6. The normalized spacial score (nSPS) is 25.3. The second-order valence-corrected chi connectivity index (χ2v) is 54.2. The summed E-state index contributed by atoms with van der Waals surface area (Å²) in [6, 6.07) is 32.4. The molecule has 6 atom stereocenters. The zero-order chi connectivity index (χ0) is 102. The summed E-state index contributed by atoms with van der Waals surface area (Å²) in [5.41, 5.74) is 25.6. The van der Waals surface area contributed by atoms with Crippen LogP contribution in [0.15, 0.2) is 116 Å². The molecule has 13 aromatic rings. The standard InChI is InChI=1S/C28H35N.C23H28N4S.C20H30N4S.C18H26N4S.2C17H23N3OS/c1-2-21-11-12-27-26(17-21)19-25-10-6-9-24(28(25)27)18-22-13-15-29(16-14-22)20-23-7-4-3-5-8-23;1-16-7-8-19-20(13-16)28-23-21(19)22(24-15-25-23)26-18-9-11-27(12-10-18)14-17-5-3-2-4-6-17;1-20(2)10-9-16-15(11-20)17-18(21-12-22-19(17)25-16)23-13-5-7-14(8-6-13)24(3)4;1-18(2)8-7-14-13(9-18)15-16(20-10-21-17(15)23-14)22-12-5-3-11(19)4-6-12;1-10-2-7-14-13(8-10)15-16(18-9-19-17(15)22-14)20-11-3-5-12(21)6-4-11;1-10-5-6-14-13(7-10)15-16(18-9-19-17(15)22-14)20-11-3-2-4-12(21)8-11/h3-10,21-22H,2,11-20H2,1H3;2-6,15-16,18H,7-14H2,1H3,(H,24,25,26);12-14H,5-11H2,1-4H3,(H,21,22,23);10-12H,3-9,19H2,1-2H3,(H,20,21,22);2*9-12,21H,2-8H2,1H3,(H,18,19,20)/t;;;;10-,11?,12?;/m....1./s1. The van der Waals surface area contributed by atoms with Gasteiger partial charge in [-0.15, -0.1) is 56.7 Å². The lowest BCUT2D eigenvalue weighted by molar-refractivity contribution is 0.124. The lowest BCUT2D eigenvalue weighted by atomic mass is 9.76. The van der Waals surface area contributed by atoms with E-state index in [1.54, 1.807) is 59.5 Å². The number of nitrogens with two attached hydrogens (primary N) is 1. The van der Waals surface area contributed by atoms with Gasteiger partial charge in [0, 0.05) is 92.9 Å². The molecule has 10 aromatic heterocycles. The van der Waals surface area contributed by atoms with Crippen LogP contribution in [0.4, 0.5) is 29.1 Å². The van der Waals surface area contributed by atoms with Crippen molar-refractivity contribution in [1.29, 1.82) is 0 Å². The molecular formula is C123H165N19O2S5. The number of benzene rings is 3. The van der Waals surface area contributed by atoms with E-state index in [9.17, 15) is 10.2 Å². The van der Waals surface area contributed by atoms with Crippen LogP contribution in [0.25, 0.3) is 56.7 Å². The van der Waals surface area contributed by atoms with Gasteiger partial charge in [0.15, 0.2) is 0 Å². The summed E-state index contributed by atoms with van der Waals surface area (Å²) < 4.78 is 0. The van der Waals surface area contributed by atoms with Crippen molar-refractivity contribution in [1.82, 2.24) is 64.5 Å². The first-order chi connectivity index (χ1) is 72.4. The second-order valence-electron chi connectivity index (χ2n) is 48.8. The summed E-state index contributed by atoms with van der Waals surface area (Å²) in [7, 11) is 4.40. The molecule has 0 radical (unpaired) electrons. The maximum absolute atomic E-state index is 9.89. The van der Waals surface area contributed by atoms with Gasteiger partial charge in [-0.3, -0.25) is 9.80 Å². The minimum Gasteiger partial charge on any atom is -0.393 e. The summed E-state index contributed by atoms with van der Waals surface area (Å²) >= 11 is 9.32. The number of hydrogen-bond acceptors (Lipinski definition) is 26. The van der Waals surface area contributed by atoms with Gasteiger partial charge < -0.3 is 47.4 Å². The van der Waals surface area contributed by atoms with Gasteiger partial charge in [0.05, 0.1) is 39.1 Å². The minimum absolute atomic E-state index is 0.113. The molecule has 2 aliphatic heterocycles. The number of rotatable bonds is 18. The topological polar surface area (TPSA) is 265 Å². The Morgan fingerprint density at radius 2 is 0.812 bits per heavy atom. The Hall–Kier alpha value is -8.64. The lowest BCUT2D eigenvalue weighted by Crippen LogP contribution is -2.38. The quantitative estimate of drug-likeness (QED) is 0.0397. The molecule has 5 unspecified atom stereocenters. The molecule has 0 bridgehead atoms. The van der Waals surface area contributed by atoms with Crippen molar-refractivity contribution >= 4 is 142 Å². The van der Waals surface area contributed by atoms with Crippen LogP contribution in [-0.4, -0.2) is 170 Å². The van der Waals surface area contributed by atoms with Crippen molar-refractivity contribution in [2.24, 2.45) is 46.2 Å². The van der Waals surface area contributed by atoms with Gasteiger partial charge in [-0.2, -0.15) is 0 Å². The SMILES string of the molecule is CC1(C)CCc2sc3ncnc(NC4CCC(N)CC4)c3c2C1.CC1CCc2c(sc3ncnc(NC4CCN(Cc5ccccc5)CC4)c23)C1.CC1CCc2sc3ncnc(NC4CCCC(O)C4)c3c2C1.CCC1CCC2=C(Cc3cccc(CC4CCN(Cc5ccccc5)CC4)c32)C1.CN(C)C1CCC(Nc2ncnc3sc4c(c23)CC(C)(C)CC4)CC1.C[C@@H]1CCc2sc3ncnc(NC4CCC(O)CC4)c3c2C1. The number of aromatic nitrogens is 10. The minimum atomic E-state index is -0.167. The smallest absolute Gasteiger partial charge is 0.138 e. The maximum atomic E-state index is 9.89. The van der Waals surface area contributed by atoms with Crippen molar-refractivity contribution in [2.45, 2.75) is 386 Å². The van der Waals surface area contributed by atoms with Crippen molar-refractivity contribution < 1.29 is 10.2 Å². The molecule has 0 spiro atoms. The fourth-order valence-electron chi connectivity index (χ4n) is 26.9. The number of nitrogens with zero attached hydrogens (tertiary/aromatic N) is 13. The number of hydrogen-bond donors (Lipinski definition) is 8. The van der Waals surface area contributed by atoms with Crippen LogP contribution in [0, 0.1) is 40.4 Å². The molecular weight excluding hydrogens is 1940 g/mol. The molecule has 11 aliphatic carbocycles. The van der Waals surface area contributed by atoms with Crippen LogP contribution in [0.2, 0.25) is 0 Å². The van der Waals surface area contributed by atoms with Gasteiger partial charge in [0.2, 0.25) is 0 Å². The van der Waals surface area contributed by atoms with E-state index < -0.39 is 0 Å². The molecule has 26 rings (SSSR count). The highest BCUT2D eigenvalue weighted by atomic mass is 32.1. The third-order valence-electron chi connectivity index (χ3n) is 35.8. The second kappa shape index (κ2) is 48.2. The zero-order valence-electron chi connectivity index (χ0n) is 90.5. The highest BCUT2D eigenvalue weighted by Gasteiger charge is 2.38. The van der Waals surface area contributed by atoms with Gasteiger partial charge in [-0.05, 0) is 386 Å². The van der Waals surface area contributed by atoms with Crippen LogP contribution in [0.5, 0.6) is 0 Å². The molecule has 13 aliphatic rings. The van der Waals surface area contributed by atoms with Crippen LogP contribution in [0.3, 0.4) is 0 Å². The number of likely N-dealkylation sites (tertiary alicyclic amines) is 2. The fraction of sp³-hybridized carbons (Fsp3) is 0.593. The number of piperidine rings is 2. The van der Waals surface area contributed by atoms with E-state index in [0.29, 0.717) is 47.1 Å². The van der Waals surface area contributed by atoms with E-state index in [2.05, 4.69) is 239 Å². The van der Waals surface area contributed by atoms with Crippen LogP contribution in [-0.2, 0) is 90.1 Å². The highest BCUT2D eigenvalue weighted by Crippen LogP contribution is 2.51. The highest BCUT2D eigenvalue weighted by molar-refractivity contribution is 7.20. The van der Waals surface area contributed by atoms with Gasteiger partial charge in [-0.25, -0.2) is 49.8 Å². The van der Waals surface area contributed by atoms with Crippen LogP contribution >= 0.6 is 56.7 Å². The first kappa shape index (κ1) is 106. The van der Waals surface area contributed by atoms with E-state index >= 15 is 0 Å². The molecule has 3 aromatic carbocycles. The Morgan fingerprint density at radius 1 is 0.389 bits per heavy atom.